The van der Waals surface area contributed by atoms with Crippen LogP contribution in [0.25, 0.3) is 0 Å². The molecule has 2 nitrogen and oxygen atoms in total. The van der Waals surface area contributed by atoms with E-state index in [1.807, 2.05) is 12.1 Å². The van der Waals surface area contributed by atoms with Gasteiger partial charge in [-0.05, 0) is 50.5 Å². The first-order chi connectivity index (χ1) is 8.50. The molecule has 1 heterocycles. The Labute approximate surface area is 125 Å². The molecule has 0 N–H and O–H groups in total. The molecule has 18 heavy (non-hydrogen) atoms. The van der Waals surface area contributed by atoms with Crippen LogP contribution in [0.3, 0.4) is 0 Å². The summed E-state index contributed by atoms with van der Waals surface area (Å²) in [5.74, 6) is 0.904. The van der Waals surface area contributed by atoms with E-state index in [1.54, 1.807) is 0 Å². The Bertz CT molecular complexity index is 418. The summed E-state index contributed by atoms with van der Waals surface area (Å²) in [5.41, 5.74) is 1.20. The lowest BCUT2D eigenvalue weighted by Gasteiger charge is -2.19. The van der Waals surface area contributed by atoms with Crippen molar-refractivity contribution in [3.63, 3.8) is 0 Å². The fraction of sp³-hybridized carbons (Fsp3) is 0.571. The van der Waals surface area contributed by atoms with Gasteiger partial charge in [-0.3, -0.25) is 0 Å². The van der Waals surface area contributed by atoms with Crippen LogP contribution in [0.2, 0.25) is 0 Å². The summed E-state index contributed by atoms with van der Waals surface area (Å²) in [7, 11) is 0. The maximum absolute atomic E-state index is 5.91. The lowest BCUT2D eigenvalue weighted by Crippen LogP contribution is -2.23. The third kappa shape index (κ3) is 3.72. The fourth-order valence-corrected chi connectivity index (χ4v) is 3.35. The average Bonchev–Trinajstić information content (AvgIpc) is 2.68. The maximum Gasteiger partial charge on any atom is 0.119 e. The van der Waals surface area contributed by atoms with Crippen LogP contribution in [0, 0.1) is 0 Å². The highest BCUT2D eigenvalue weighted by Gasteiger charge is 2.31. The van der Waals surface area contributed by atoms with Crippen molar-refractivity contribution in [1.82, 2.24) is 0 Å². The van der Waals surface area contributed by atoms with E-state index in [-0.39, 0.29) is 11.7 Å². The zero-order chi connectivity index (χ0) is 13.2. The van der Waals surface area contributed by atoms with Crippen molar-refractivity contribution in [3.05, 3.63) is 28.2 Å². The Morgan fingerprint density at radius 2 is 2.22 bits per heavy atom. The summed E-state index contributed by atoms with van der Waals surface area (Å²) in [6, 6.07) is 6.06. The topological polar surface area (TPSA) is 18.5 Å². The molecule has 1 saturated heterocycles. The molecule has 0 aromatic heterocycles. The molecular formula is C14H18Br2O2. The highest BCUT2D eigenvalue weighted by Crippen LogP contribution is 2.30. The molecule has 1 aromatic rings. The van der Waals surface area contributed by atoms with Crippen molar-refractivity contribution in [2.45, 2.75) is 43.7 Å². The van der Waals surface area contributed by atoms with Gasteiger partial charge in [0.05, 0.1) is 11.7 Å². The van der Waals surface area contributed by atoms with E-state index in [1.165, 1.54) is 5.56 Å². The molecule has 0 spiro atoms. The monoisotopic (exact) mass is 376 g/mol. The third-order valence-electron chi connectivity index (χ3n) is 3.15. The van der Waals surface area contributed by atoms with Crippen LogP contribution in [-0.2, 0) is 10.1 Å². The van der Waals surface area contributed by atoms with Crippen LogP contribution >= 0.6 is 31.9 Å². The van der Waals surface area contributed by atoms with Crippen LogP contribution in [0.5, 0.6) is 5.75 Å². The van der Waals surface area contributed by atoms with Crippen LogP contribution in [0.4, 0.5) is 0 Å². The van der Waals surface area contributed by atoms with Crippen molar-refractivity contribution in [2.24, 2.45) is 0 Å². The SMILES string of the molecule is CC1(C)CCC(COc2ccc(Br)c(CBr)c2)O1. The van der Waals surface area contributed by atoms with Gasteiger partial charge in [-0.1, -0.05) is 31.9 Å². The van der Waals surface area contributed by atoms with Gasteiger partial charge in [-0.25, -0.2) is 0 Å². The Kier molecular flexibility index (Phi) is 4.73. The molecule has 0 amide bonds. The largest absolute Gasteiger partial charge is 0.491 e. The van der Waals surface area contributed by atoms with Crippen LogP contribution in [-0.4, -0.2) is 18.3 Å². The predicted molar refractivity (Wildman–Crippen MR) is 80.5 cm³/mol. The maximum atomic E-state index is 5.91. The Morgan fingerprint density at radius 3 is 2.83 bits per heavy atom. The second-order valence-electron chi connectivity index (χ2n) is 5.24. The molecule has 1 fully saturated rings. The van der Waals surface area contributed by atoms with Gasteiger partial charge in [0, 0.05) is 9.80 Å². The third-order valence-corrected chi connectivity index (χ3v) is 4.53. The van der Waals surface area contributed by atoms with E-state index in [4.69, 9.17) is 9.47 Å². The van der Waals surface area contributed by atoms with E-state index >= 15 is 0 Å². The molecule has 1 aliphatic heterocycles. The van der Waals surface area contributed by atoms with Crippen molar-refractivity contribution in [2.75, 3.05) is 6.61 Å². The van der Waals surface area contributed by atoms with E-state index in [2.05, 4.69) is 51.8 Å². The zero-order valence-electron chi connectivity index (χ0n) is 10.7. The van der Waals surface area contributed by atoms with Gasteiger partial charge in [0.25, 0.3) is 0 Å². The smallest absolute Gasteiger partial charge is 0.119 e. The fourth-order valence-electron chi connectivity index (χ4n) is 2.13. The number of hydrogen-bond acceptors (Lipinski definition) is 2. The predicted octanol–water partition coefficient (Wildman–Crippen LogP) is 4.68. The lowest BCUT2D eigenvalue weighted by molar-refractivity contribution is -0.0326. The van der Waals surface area contributed by atoms with Gasteiger partial charge >= 0.3 is 0 Å². The lowest BCUT2D eigenvalue weighted by atomic mass is 10.1. The molecule has 2 rings (SSSR count). The molecule has 1 atom stereocenters. The van der Waals surface area contributed by atoms with Gasteiger partial charge in [-0.2, -0.15) is 0 Å². The molecule has 0 aliphatic carbocycles. The van der Waals surface area contributed by atoms with E-state index in [0.29, 0.717) is 6.61 Å². The number of benzene rings is 1. The highest BCUT2D eigenvalue weighted by atomic mass is 79.9. The summed E-state index contributed by atoms with van der Waals surface area (Å²) < 4.78 is 12.8. The van der Waals surface area contributed by atoms with Crippen molar-refractivity contribution in [1.29, 1.82) is 0 Å². The molecule has 0 bridgehead atoms. The van der Waals surface area contributed by atoms with E-state index in [9.17, 15) is 0 Å². The van der Waals surface area contributed by atoms with Crippen molar-refractivity contribution < 1.29 is 9.47 Å². The molecule has 1 unspecified atom stereocenters. The minimum Gasteiger partial charge on any atom is -0.491 e. The average molecular weight is 378 g/mol. The minimum atomic E-state index is 0.00869. The Balaban J connectivity index is 1.91. The number of ether oxygens (including phenoxy) is 2. The molecule has 1 aromatic carbocycles. The first kappa shape index (κ1) is 14.4. The molecular weight excluding hydrogens is 360 g/mol. The van der Waals surface area contributed by atoms with E-state index < -0.39 is 0 Å². The first-order valence-electron chi connectivity index (χ1n) is 6.15. The second kappa shape index (κ2) is 5.93. The van der Waals surface area contributed by atoms with Gasteiger partial charge in [0.2, 0.25) is 0 Å². The van der Waals surface area contributed by atoms with Crippen LogP contribution in [0.15, 0.2) is 22.7 Å². The van der Waals surface area contributed by atoms with E-state index in [0.717, 1.165) is 28.4 Å². The summed E-state index contributed by atoms with van der Waals surface area (Å²) in [6.07, 6.45) is 2.40. The molecule has 0 radical (unpaired) electrons. The minimum absolute atomic E-state index is 0.00869. The van der Waals surface area contributed by atoms with Crippen molar-refractivity contribution >= 4 is 31.9 Å². The quantitative estimate of drug-likeness (QED) is 0.709. The summed E-state index contributed by atoms with van der Waals surface area (Å²) >= 11 is 6.98. The van der Waals surface area contributed by atoms with Gasteiger partial charge in [0.15, 0.2) is 0 Å². The van der Waals surface area contributed by atoms with Crippen molar-refractivity contribution in [3.8, 4) is 5.75 Å². The summed E-state index contributed by atoms with van der Waals surface area (Å²) in [5, 5.41) is 0.817. The molecule has 1 aliphatic rings. The number of rotatable bonds is 4. The molecule has 4 heteroatoms. The van der Waals surface area contributed by atoms with Gasteiger partial charge < -0.3 is 9.47 Å². The second-order valence-corrected chi connectivity index (χ2v) is 6.65. The first-order valence-corrected chi connectivity index (χ1v) is 8.06. The number of halogens is 2. The normalized spacial score (nSPS) is 22.1. The highest BCUT2D eigenvalue weighted by molar-refractivity contribution is 9.10. The standard InChI is InChI=1S/C14H18Br2O2/c1-14(2)6-5-12(18-14)9-17-11-3-4-13(16)10(7-11)8-15/h3-4,7,12H,5-6,8-9H2,1-2H3. The van der Waals surface area contributed by atoms with Gasteiger partial charge in [-0.15, -0.1) is 0 Å². The van der Waals surface area contributed by atoms with Crippen LogP contribution < -0.4 is 4.74 Å². The Morgan fingerprint density at radius 1 is 1.44 bits per heavy atom. The Hall–Kier alpha value is -0.0600. The number of hydrogen-bond donors (Lipinski definition) is 0. The molecule has 0 saturated carbocycles. The molecule has 100 valence electrons. The zero-order valence-corrected chi connectivity index (χ0v) is 13.9. The summed E-state index contributed by atoms with van der Waals surface area (Å²) in [6.45, 7) is 4.90. The van der Waals surface area contributed by atoms with Gasteiger partial charge in [0.1, 0.15) is 12.4 Å². The van der Waals surface area contributed by atoms with Crippen LogP contribution in [0.1, 0.15) is 32.3 Å². The summed E-state index contributed by atoms with van der Waals surface area (Å²) in [4.78, 5) is 0. The number of alkyl halides is 1.